The molecule has 9 nitrogen and oxygen atoms in total. The lowest BCUT2D eigenvalue weighted by Crippen LogP contribution is -2.21. The number of alkyl halides is 2. The lowest BCUT2D eigenvalue weighted by atomic mass is 10.0. The van der Waals surface area contributed by atoms with Gasteiger partial charge in [0, 0.05) is 23.9 Å². The van der Waals surface area contributed by atoms with Crippen LogP contribution in [0.15, 0.2) is 78.1 Å². The molecule has 3 N–H and O–H groups in total. The van der Waals surface area contributed by atoms with E-state index in [1.54, 1.807) is 0 Å². The molecule has 0 spiro atoms. The van der Waals surface area contributed by atoms with Gasteiger partial charge in [0.1, 0.15) is 21.8 Å². The van der Waals surface area contributed by atoms with Crippen molar-refractivity contribution in [2.75, 3.05) is 12.3 Å². The summed E-state index contributed by atoms with van der Waals surface area (Å²) in [4.78, 5) is 16.3. The molecule has 0 aliphatic heterocycles. The highest BCUT2D eigenvalue weighted by Gasteiger charge is 2.29. The van der Waals surface area contributed by atoms with Gasteiger partial charge >= 0.3 is 12.6 Å². The summed E-state index contributed by atoms with van der Waals surface area (Å²) in [5.74, 6) is -0.806. The largest absolute Gasteiger partial charge is 0.489 e. The number of pyridine rings is 1. The van der Waals surface area contributed by atoms with E-state index in [1.165, 1.54) is 73.2 Å². The molecule has 1 aliphatic carbocycles. The molecule has 226 valence electrons. The number of ether oxygens (including phenoxy) is 3. The molecule has 0 amide bonds. The first-order valence-electron chi connectivity index (χ1n) is 13.1. The van der Waals surface area contributed by atoms with Crippen molar-refractivity contribution in [2.45, 2.75) is 36.9 Å². The van der Waals surface area contributed by atoms with Gasteiger partial charge in [-0.2, -0.15) is 8.78 Å². The molecule has 2 heterocycles. The van der Waals surface area contributed by atoms with E-state index in [-0.39, 0.29) is 38.6 Å². The van der Waals surface area contributed by atoms with Crippen LogP contribution in [0.1, 0.15) is 40.6 Å². The first-order chi connectivity index (χ1) is 20.5. The Morgan fingerprint density at radius 1 is 1.05 bits per heavy atom. The number of esters is 1. The molecule has 2 aromatic carbocycles. The summed E-state index contributed by atoms with van der Waals surface area (Å²) in [6.45, 7) is -2.78. The normalized spacial score (nSPS) is 14.0. The zero-order chi connectivity index (χ0) is 30.7. The number of nitrogens with one attached hydrogen (secondary N) is 1. The molecule has 0 bridgehead atoms. The predicted octanol–water partition coefficient (Wildman–Crippen LogP) is 5.96. The molecular formula is C29H26Cl2F2N3O6S+. The van der Waals surface area contributed by atoms with Gasteiger partial charge in [-0.1, -0.05) is 29.3 Å². The summed E-state index contributed by atoms with van der Waals surface area (Å²) in [6.07, 6.45) is 5.00. The van der Waals surface area contributed by atoms with E-state index in [1.807, 2.05) is 0 Å². The van der Waals surface area contributed by atoms with E-state index < -0.39 is 28.7 Å². The first kappa shape index (κ1) is 30.6. The van der Waals surface area contributed by atoms with Crippen LogP contribution in [0.25, 0.3) is 0 Å². The van der Waals surface area contributed by atoms with Crippen molar-refractivity contribution < 1.29 is 41.2 Å². The number of nitrogens with two attached hydrogens (primary N) is 1. The summed E-state index contributed by atoms with van der Waals surface area (Å²) in [5, 5.41) is 0.511. The highest BCUT2D eigenvalue weighted by atomic mass is 35.5. The third-order valence-corrected chi connectivity index (χ3v) is 9.10. The number of hydrogen-bond acceptors (Lipinski definition) is 7. The average molecular weight is 654 g/mol. The van der Waals surface area contributed by atoms with Gasteiger partial charge in [0.05, 0.1) is 11.5 Å². The monoisotopic (exact) mass is 652 g/mol. The van der Waals surface area contributed by atoms with Crippen LogP contribution in [0.2, 0.25) is 10.0 Å². The Balaban J connectivity index is 1.50. The number of nitrogen functional groups attached to an aromatic ring is 1. The Morgan fingerprint density at radius 3 is 2.40 bits per heavy atom. The second kappa shape index (κ2) is 12.8. The van der Waals surface area contributed by atoms with Crippen molar-refractivity contribution in [3.05, 3.63) is 100 Å². The summed E-state index contributed by atoms with van der Waals surface area (Å²) in [6, 6.07) is 12.4. The van der Waals surface area contributed by atoms with E-state index >= 15 is 0 Å². The fraction of sp³-hybridized carbons (Fsp3) is 0.241. The maximum Gasteiger partial charge on any atom is 0.387 e. The number of benzene rings is 2. The van der Waals surface area contributed by atoms with Crippen molar-refractivity contribution in [1.29, 1.82) is 0 Å². The number of carbonyl (C=O) groups is 1. The number of rotatable bonds is 12. The Hall–Kier alpha value is -3.87. The number of H-pyrrole nitrogens is 1. The fourth-order valence-corrected chi connectivity index (χ4v) is 6.15. The van der Waals surface area contributed by atoms with Gasteiger partial charge in [-0.05, 0) is 72.9 Å². The van der Waals surface area contributed by atoms with E-state index in [0.717, 1.165) is 16.8 Å². The van der Waals surface area contributed by atoms with Gasteiger partial charge in [0.2, 0.25) is 0 Å². The summed E-state index contributed by atoms with van der Waals surface area (Å²) < 4.78 is 70.1. The molecule has 0 radical (unpaired) electrons. The molecule has 0 saturated heterocycles. The summed E-state index contributed by atoms with van der Waals surface area (Å²) >= 11 is 12.8. The molecule has 5 rings (SSSR count). The van der Waals surface area contributed by atoms with Gasteiger partial charge in [0.15, 0.2) is 23.9 Å². The minimum Gasteiger partial charge on any atom is -0.489 e. The van der Waals surface area contributed by atoms with Crippen LogP contribution < -0.4 is 20.2 Å². The second-order valence-electron chi connectivity index (χ2n) is 9.83. The lowest BCUT2D eigenvalue weighted by Gasteiger charge is -2.21. The van der Waals surface area contributed by atoms with Gasteiger partial charge in [0.25, 0.3) is 10.0 Å². The fourth-order valence-electron chi connectivity index (χ4n) is 4.28. The van der Waals surface area contributed by atoms with Crippen molar-refractivity contribution >= 4 is 44.9 Å². The Bertz CT molecular complexity index is 1710. The highest BCUT2D eigenvalue weighted by Crippen LogP contribution is 2.38. The van der Waals surface area contributed by atoms with E-state index in [2.05, 4.69) is 9.72 Å². The predicted molar refractivity (Wildman–Crippen MR) is 154 cm³/mol. The van der Waals surface area contributed by atoms with E-state index in [0.29, 0.717) is 29.3 Å². The number of anilines is 1. The van der Waals surface area contributed by atoms with Crippen LogP contribution in [0, 0.1) is 5.92 Å². The molecule has 4 aromatic rings. The van der Waals surface area contributed by atoms with Crippen molar-refractivity contribution in [3.63, 3.8) is 0 Å². The van der Waals surface area contributed by atoms with Gasteiger partial charge in [-0.15, -0.1) is 0 Å². The SMILES string of the molecule is Nc1ccc(S(=O)(=O)n2cccc2C(=O)O[C@@H](Cc2c(Cl)c[nH+]cc2Cl)c2ccc(OC(F)F)c(OCC3CC3)c2)cc1. The Kier molecular flexibility index (Phi) is 9.09. The van der Waals surface area contributed by atoms with E-state index in [4.69, 9.17) is 38.4 Å². The van der Waals surface area contributed by atoms with Crippen LogP contribution >= 0.6 is 23.2 Å². The minimum absolute atomic E-state index is 0.0404. The van der Waals surface area contributed by atoms with Crippen LogP contribution in [0.3, 0.4) is 0 Å². The number of nitrogens with zero attached hydrogens (tertiary/aromatic N) is 1. The van der Waals surface area contributed by atoms with Crippen molar-refractivity contribution in [2.24, 2.45) is 5.92 Å². The quantitative estimate of drug-likeness (QED) is 0.148. The molecule has 2 aromatic heterocycles. The maximum absolute atomic E-state index is 13.6. The molecule has 1 aliphatic rings. The maximum atomic E-state index is 13.6. The van der Waals surface area contributed by atoms with Crippen molar-refractivity contribution in [1.82, 2.24) is 3.97 Å². The second-order valence-corrected chi connectivity index (χ2v) is 12.5. The van der Waals surface area contributed by atoms with Crippen LogP contribution in [0.4, 0.5) is 14.5 Å². The van der Waals surface area contributed by atoms with Gasteiger partial charge in [-0.3, -0.25) is 0 Å². The Morgan fingerprint density at radius 2 is 1.74 bits per heavy atom. The van der Waals surface area contributed by atoms with Crippen LogP contribution in [-0.4, -0.2) is 31.6 Å². The average Bonchev–Trinajstić information content (AvgIpc) is 3.65. The summed E-state index contributed by atoms with van der Waals surface area (Å²) in [7, 11) is -4.19. The number of carbonyl (C=O) groups excluding carboxylic acids is 1. The minimum atomic E-state index is -4.19. The summed E-state index contributed by atoms with van der Waals surface area (Å²) in [5.41, 5.74) is 6.56. The molecule has 14 heteroatoms. The third-order valence-electron chi connectivity index (χ3n) is 6.72. The lowest BCUT2D eigenvalue weighted by molar-refractivity contribution is -0.377. The van der Waals surface area contributed by atoms with E-state index in [9.17, 15) is 22.0 Å². The zero-order valence-corrected chi connectivity index (χ0v) is 24.7. The molecule has 1 atom stereocenters. The smallest absolute Gasteiger partial charge is 0.387 e. The number of aromatic nitrogens is 2. The number of hydrogen-bond donors (Lipinski definition) is 1. The molecular weight excluding hydrogens is 627 g/mol. The molecule has 0 unspecified atom stereocenters. The van der Waals surface area contributed by atoms with Gasteiger partial charge < -0.3 is 19.9 Å². The van der Waals surface area contributed by atoms with Crippen LogP contribution in [-0.2, 0) is 21.2 Å². The molecule has 1 saturated carbocycles. The van der Waals surface area contributed by atoms with Crippen molar-refractivity contribution in [3.8, 4) is 11.5 Å². The highest BCUT2D eigenvalue weighted by molar-refractivity contribution is 7.90. The molecule has 1 fully saturated rings. The zero-order valence-electron chi connectivity index (χ0n) is 22.4. The third kappa shape index (κ3) is 7.20. The standard InChI is InChI=1S/C29H25Cl2F2N3O6S/c30-22-14-35-15-23(31)21(22)13-26(18-5-10-25(42-29(32)33)27(12-18)40-16-17-3-4-17)41-28(37)24-2-1-11-36(24)43(38,39)20-8-6-19(34)7-9-20/h1-2,5-12,14-15,17,26,29H,3-4,13,16,34H2/p+1/t26-/m0/s1. The first-order valence-corrected chi connectivity index (χ1v) is 15.3. The topological polar surface area (TPSA) is 124 Å². The van der Waals surface area contributed by atoms with Gasteiger partial charge in [-0.25, -0.2) is 22.2 Å². The number of aromatic amines is 1. The molecule has 43 heavy (non-hydrogen) atoms. The Labute approximate surface area is 256 Å². The number of halogens is 4. The van der Waals surface area contributed by atoms with Crippen LogP contribution in [0.5, 0.6) is 11.5 Å².